The third kappa shape index (κ3) is 15.8. The number of aliphatic hydroxyl groups excluding tert-OH is 6. The van der Waals surface area contributed by atoms with Crippen molar-refractivity contribution in [2.24, 2.45) is 0 Å². The zero-order valence-electron chi connectivity index (χ0n) is 49.0. The maximum Gasteiger partial charge on any atom is 0.262 e. The number of nitriles is 2. The first kappa shape index (κ1) is 65.2. The number of allylic oxidation sites excluding steroid dienone is 3. The van der Waals surface area contributed by atoms with Crippen LogP contribution in [0.2, 0.25) is 0 Å². The number of benzene rings is 4. The summed E-state index contributed by atoms with van der Waals surface area (Å²) in [4.78, 5) is 20.5. The molecule has 4 aromatic carbocycles. The number of sulfonamides is 1. The third-order valence-corrected chi connectivity index (χ3v) is 20.2. The largest absolute Gasteiger partial charge is 0.388 e. The number of carbonyl (C=O) groups is 1. The van der Waals surface area contributed by atoms with E-state index in [0.717, 1.165) is 137 Å². The van der Waals surface area contributed by atoms with E-state index in [9.17, 15) is 54.4 Å². The SMILES string of the molecule is CC[C@H]1OC(O)[C@H](NC(=O)/C(C#N)=C(\C)c2ccc(-c3ccc4cc(NCCN5CCOCC5)ccc4c3)s2)[C@@H](O)[C@@H]1O.CC[C@H]1OC(O)[C@H](NS(=O)(=O)/C(C#N)=C(\C)c2ccc(-c3ccc4cc(NCCN5CCOCC5)ccc4c3)s2)[C@@H](O)[C@@H]1O. The Morgan fingerprint density at radius 3 is 1.48 bits per heavy atom. The van der Waals surface area contributed by atoms with E-state index in [1.807, 2.05) is 30.3 Å². The molecular formula is C63H76N8O13S3. The molecule has 2 aromatic heterocycles. The average Bonchev–Trinajstić information content (AvgIpc) is 4.46. The fourth-order valence-electron chi connectivity index (χ4n) is 11.0. The maximum atomic E-state index is 13.2. The van der Waals surface area contributed by atoms with Gasteiger partial charge in [-0.25, -0.2) is 8.42 Å². The van der Waals surface area contributed by atoms with Crippen LogP contribution in [0, 0.1) is 22.7 Å². The van der Waals surface area contributed by atoms with Gasteiger partial charge in [0, 0.05) is 83.2 Å². The number of hydrogen-bond acceptors (Lipinski definition) is 21. The summed E-state index contributed by atoms with van der Waals surface area (Å²) in [6.45, 7) is 17.4. The number of anilines is 2. The van der Waals surface area contributed by atoms with Crippen LogP contribution in [0.15, 0.2) is 108 Å². The summed E-state index contributed by atoms with van der Waals surface area (Å²) in [7, 11) is -4.48. The third-order valence-electron chi connectivity index (χ3n) is 16.2. The molecule has 0 spiro atoms. The van der Waals surface area contributed by atoms with E-state index in [-0.39, 0.29) is 11.1 Å². The molecule has 4 saturated heterocycles. The lowest BCUT2D eigenvalue weighted by Gasteiger charge is -2.40. The Kier molecular flexibility index (Phi) is 22.4. The second-order valence-corrected chi connectivity index (χ2v) is 25.7. The summed E-state index contributed by atoms with van der Waals surface area (Å²) in [6.07, 6.45) is -9.88. The van der Waals surface area contributed by atoms with Gasteiger partial charge < -0.3 is 65.5 Å². The zero-order chi connectivity index (χ0) is 61.9. The van der Waals surface area contributed by atoms with Crippen LogP contribution in [0.4, 0.5) is 11.4 Å². The molecule has 24 heteroatoms. The molecule has 6 heterocycles. The van der Waals surface area contributed by atoms with Gasteiger partial charge in [0.05, 0.1) is 38.6 Å². The highest BCUT2D eigenvalue weighted by Gasteiger charge is 2.46. The van der Waals surface area contributed by atoms with E-state index >= 15 is 0 Å². The van der Waals surface area contributed by atoms with Gasteiger partial charge in [-0.2, -0.15) is 15.2 Å². The minimum Gasteiger partial charge on any atom is -0.388 e. The van der Waals surface area contributed by atoms with Crippen molar-refractivity contribution in [3.63, 3.8) is 0 Å². The van der Waals surface area contributed by atoms with Gasteiger partial charge in [-0.1, -0.05) is 50.2 Å². The lowest BCUT2D eigenvalue weighted by molar-refractivity contribution is -0.247. The first-order valence-corrected chi connectivity index (χ1v) is 32.3. The van der Waals surface area contributed by atoms with Crippen molar-refractivity contribution >= 4 is 82.7 Å². The van der Waals surface area contributed by atoms with Gasteiger partial charge in [-0.3, -0.25) is 14.6 Å². The van der Waals surface area contributed by atoms with Crippen molar-refractivity contribution < 1.29 is 62.8 Å². The molecule has 0 radical (unpaired) electrons. The van der Waals surface area contributed by atoms with Crippen LogP contribution >= 0.6 is 22.7 Å². The fraction of sp³-hybridized carbons (Fsp3) is 0.444. The first-order valence-electron chi connectivity index (χ1n) is 29.2. The Labute approximate surface area is 514 Å². The predicted octanol–water partition coefficient (Wildman–Crippen LogP) is 5.65. The van der Waals surface area contributed by atoms with E-state index in [4.69, 9.17) is 18.9 Å². The van der Waals surface area contributed by atoms with E-state index in [1.54, 1.807) is 32.9 Å². The standard InChI is InChI=1S/C32H38N4O6S.C31H38N4O7S2/c1-3-25-29(37)30(38)28(32(40)42-25)35-31(39)24(18-33)19(2)26-8-9-27(43-26)22-5-4-21-17-23(7-6-20(21)16-22)34-10-11-36-12-14-41-15-13-36;1-3-24-29(36)30(37)28(31(38)42-24)34-44(39,40)27(18-32)19(2)25-8-9-26(43-25)22-5-4-21-17-23(7-6-20(21)16-22)33-10-11-35-12-14-41-15-13-35/h4-9,16-17,25,28-30,32,34,37-38,40H,3,10-15H2,1-2H3,(H,35,39);4-9,16-17,24,28-31,33-34,36-38H,3,10-15H2,1-2H3/b24-19+;27-19+/t25-,28-,29-,30-,32?;24-,28-,29-,30-,31?/m11/s1. The van der Waals surface area contributed by atoms with Crippen molar-refractivity contribution in [2.75, 3.05) is 89.4 Å². The minimum absolute atomic E-state index is 0.146. The van der Waals surface area contributed by atoms with Crippen molar-refractivity contribution in [1.82, 2.24) is 19.8 Å². The fourth-order valence-corrected chi connectivity index (χ4v) is 14.4. The molecule has 10 atom stereocenters. The van der Waals surface area contributed by atoms with Crippen LogP contribution in [-0.4, -0.2) is 195 Å². The zero-order valence-corrected chi connectivity index (χ0v) is 51.4. The molecular weight excluding hydrogens is 1170 g/mol. The van der Waals surface area contributed by atoms with Crippen LogP contribution in [0.3, 0.4) is 0 Å². The van der Waals surface area contributed by atoms with Crippen LogP contribution in [-0.2, 0) is 33.8 Å². The quantitative estimate of drug-likeness (QED) is 0.0346. The Morgan fingerprint density at radius 2 is 1.02 bits per heavy atom. The summed E-state index contributed by atoms with van der Waals surface area (Å²) in [5.74, 6) is -0.760. The summed E-state index contributed by atoms with van der Waals surface area (Å²) < 4.78 is 50.1. The molecule has 21 nitrogen and oxygen atoms in total. The number of ether oxygens (including phenoxy) is 4. The van der Waals surface area contributed by atoms with Crippen molar-refractivity contribution in [3.05, 3.63) is 117 Å². The number of nitrogens with one attached hydrogen (secondary N) is 4. The molecule has 464 valence electrons. The summed E-state index contributed by atoms with van der Waals surface area (Å²) in [5, 5.41) is 95.6. The molecule has 0 saturated carbocycles. The highest BCUT2D eigenvalue weighted by Crippen LogP contribution is 2.38. The smallest absolute Gasteiger partial charge is 0.262 e. The lowest BCUT2D eigenvalue weighted by atomic mass is 9.95. The Morgan fingerprint density at radius 1 is 0.586 bits per heavy atom. The van der Waals surface area contributed by atoms with E-state index < -0.39 is 82.1 Å². The summed E-state index contributed by atoms with van der Waals surface area (Å²) in [5.41, 5.74) is 4.66. The molecule has 4 aliphatic rings. The molecule has 87 heavy (non-hydrogen) atoms. The molecule has 10 N–H and O–H groups in total. The van der Waals surface area contributed by atoms with Crippen LogP contribution < -0.4 is 20.7 Å². The van der Waals surface area contributed by atoms with Gasteiger partial charge in [0.2, 0.25) is 0 Å². The Balaban J connectivity index is 0.000000208. The Bertz CT molecular complexity index is 3630. The lowest BCUT2D eigenvalue weighted by Crippen LogP contribution is -2.63. The predicted molar refractivity (Wildman–Crippen MR) is 337 cm³/mol. The number of aliphatic hydroxyl groups is 6. The molecule has 2 unspecified atom stereocenters. The number of morpholine rings is 2. The number of carbonyl (C=O) groups excluding carboxylic acids is 1. The van der Waals surface area contributed by atoms with Crippen molar-refractivity contribution in [2.45, 2.75) is 102 Å². The van der Waals surface area contributed by atoms with Crippen molar-refractivity contribution in [1.29, 1.82) is 10.5 Å². The van der Waals surface area contributed by atoms with Gasteiger partial charge >= 0.3 is 0 Å². The van der Waals surface area contributed by atoms with Gasteiger partial charge in [0.25, 0.3) is 15.9 Å². The number of nitrogens with zero attached hydrogens (tertiary/aromatic N) is 4. The molecule has 4 fully saturated rings. The van der Waals surface area contributed by atoms with E-state index in [1.165, 1.54) is 29.6 Å². The molecule has 6 aromatic rings. The second kappa shape index (κ2) is 29.8. The number of thiophene rings is 2. The molecule has 0 bridgehead atoms. The van der Waals surface area contributed by atoms with Gasteiger partial charge in [0.1, 0.15) is 54.2 Å². The number of fused-ring (bicyclic) bond motifs is 2. The average molecular weight is 1250 g/mol. The van der Waals surface area contributed by atoms with Crippen LogP contribution in [0.5, 0.6) is 0 Å². The number of rotatable bonds is 19. The minimum atomic E-state index is -4.48. The number of hydrogen-bond donors (Lipinski definition) is 10. The maximum absolute atomic E-state index is 13.2. The van der Waals surface area contributed by atoms with E-state index in [2.05, 4.69) is 97.2 Å². The monoisotopic (exact) mass is 1250 g/mol. The summed E-state index contributed by atoms with van der Waals surface area (Å²) >= 11 is 2.81. The molecule has 10 rings (SSSR count). The van der Waals surface area contributed by atoms with Gasteiger partial charge in [-0.15, -0.1) is 22.7 Å². The topological polar surface area (TPSA) is 312 Å². The van der Waals surface area contributed by atoms with Gasteiger partial charge in [0.15, 0.2) is 17.5 Å². The van der Waals surface area contributed by atoms with Crippen LogP contribution in [0.25, 0.3) is 53.6 Å². The van der Waals surface area contributed by atoms with Crippen LogP contribution in [0.1, 0.15) is 50.3 Å². The van der Waals surface area contributed by atoms with Crippen molar-refractivity contribution in [3.8, 4) is 33.0 Å². The summed E-state index contributed by atoms with van der Waals surface area (Å²) in [6, 6.07) is 33.4. The molecule has 1 amide bonds. The highest BCUT2D eigenvalue weighted by atomic mass is 32.2. The highest BCUT2D eigenvalue weighted by molar-refractivity contribution is 7.94. The first-order chi connectivity index (χ1) is 41.9. The molecule has 0 aliphatic carbocycles. The Hall–Kier alpha value is -6.24. The number of amides is 1. The van der Waals surface area contributed by atoms with Gasteiger partial charge in [-0.05, 0) is 131 Å². The normalized spacial score (nSPS) is 25.3. The molecule has 4 aliphatic heterocycles. The second-order valence-electron chi connectivity index (χ2n) is 21.9. The van der Waals surface area contributed by atoms with E-state index in [0.29, 0.717) is 23.3 Å².